The second kappa shape index (κ2) is 10.2. The zero-order valence-electron chi connectivity index (χ0n) is 16.1. The maximum absolute atomic E-state index is 14.0. The van der Waals surface area contributed by atoms with Crippen molar-refractivity contribution in [3.8, 4) is 11.1 Å². The molecule has 0 spiro atoms. The molecule has 1 aromatic heterocycles. The minimum Gasteiger partial charge on any atom is -0.323 e. The SMILES string of the molecule is C=NC(=Nc1cc(-c2cc(F)ccc2F)ccc1C)c1cccnc1.CNC. The molecule has 2 aromatic carbocycles. The predicted octanol–water partition coefficient (Wildman–Crippen LogP) is 4.95. The number of pyridine rings is 1. The van der Waals surface area contributed by atoms with Gasteiger partial charge in [-0.2, -0.15) is 0 Å². The molecule has 0 radical (unpaired) electrons. The fourth-order valence-corrected chi connectivity index (χ4v) is 2.42. The van der Waals surface area contributed by atoms with Gasteiger partial charge in [-0.1, -0.05) is 12.1 Å². The topological polar surface area (TPSA) is 49.6 Å². The van der Waals surface area contributed by atoms with Crippen molar-refractivity contribution in [1.82, 2.24) is 10.3 Å². The van der Waals surface area contributed by atoms with Crippen LogP contribution in [0.5, 0.6) is 0 Å². The summed E-state index contributed by atoms with van der Waals surface area (Å²) in [6.07, 6.45) is 3.29. The average Bonchev–Trinajstić information content (AvgIpc) is 2.70. The van der Waals surface area contributed by atoms with Gasteiger partial charge in [-0.15, -0.1) is 0 Å². The van der Waals surface area contributed by atoms with Crippen LogP contribution in [0.25, 0.3) is 11.1 Å². The van der Waals surface area contributed by atoms with Crippen molar-refractivity contribution >= 4 is 18.2 Å². The number of aromatic nitrogens is 1. The predicted molar refractivity (Wildman–Crippen MR) is 111 cm³/mol. The Morgan fingerprint density at radius 3 is 2.46 bits per heavy atom. The number of rotatable bonds is 3. The van der Waals surface area contributed by atoms with Crippen molar-refractivity contribution in [1.29, 1.82) is 0 Å². The fraction of sp³-hybridized carbons (Fsp3) is 0.136. The van der Waals surface area contributed by atoms with E-state index in [9.17, 15) is 8.78 Å². The fourth-order valence-electron chi connectivity index (χ4n) is 2.42. The van der Waals surface area contributed by atoms with E-state index in [1.165, 1.54) is 6.07 Å². The molecular formula is C22H22F2N4. The maximum atomic E-state index is 14.0. The Hall–Kier alpha value is -3.25. The molecule has 6 heteroatoms. The minimum absolute atomic E-state index is 0.186. The van der Waals surface area contributed by atoms with Crippen LogP contribution in [-0.2, 0) is 0 Å². The van der Waals surface area contributed by atoms with Gasteiger partial charge in [0, 0.05) is 23.5 Å². The van der Waals surface area contributed by atoms with E-state index in [1.54, 1.807) is 30.6 Å². The Morgan fingerprint density at radius 2 is 1.82 bits per heavy atom. The van der Waals surface area contributed by atoms with E-state index in [1.807, 2.05) is 33.2 Å². The van der Waals surface area contributed by atoms with Crippen LogP contribution < -0.4 is 5.32 Å². The maximum Gasteiger partial charge on any atom is 0.160 e. The molecule has 144 valence electrons. The van der Waals surface area contributed by atoms with Gasteiger partial charge >= 0.3 is 0 Å². The number of hydrogen-bond donors (Lipinski definition) is 1. The minimum atomic E-state index is -0.495. The molecule has 0 aliphatic carbocycles. The largest absolute Gasteiger partial charge is 0.323 e. The molecule has 3 rings (SSSR count). The lowest BCUT2D eigenvalue weighted by Crippen LogP contribution is -1.97. The third-order valence-corrected chi connectivity index (χ3v) is 3.74. The normalized spacial score (nSPS) is 10.8. The highest BCUT2D eigenvalue weighted by molar-refractivity contribution is 6.02. The molecule has 0 bridgehead atoms. The van der Waals surface area contributed by atoms with Gasteiger partial charge in [0.15, 0.2) is 5.84 Å². The quantitative estimate of drug-likeness (QED) is 0.516. The Bertz CT molecular complexity index is 970. The first kappa shape index (κ1) is 21.1. The molecule has 28 heavy (non-hydrogen) atoms. The lowest BCUT2D eigenvalue weighted by molar-refractivity contribution is 0.603. The van der Waals surface area contributed by atoms with Gasteiger partial charge in [0.25, 0.3) is 0 Å². The molecule has 0 unspecified atom stereocenters. The molecule has 0 saturated carbocycles. The highest BCUT2D eigenvalue weighted by atomic mass is 19.1. The van der Waals surface area contributed by atoms with Crippen molar-refractivity contribution < 1.29 is 8.78 Å². The summed E-state index contributed by atoms with van der Waals surface area (Å²) in [6.45, 7) is 5.43. The van der Waals surface area contributed by atoms with Gasteiger partial charge in [0.05, 0.1) is 5.69 Å². The van der Waals surface area contributed by atoms with Crippen molar-refractivity contribution in [2.75, 3.05) is 14.1 Å². The molecule has 1 N–H and O–H groups in total. The van der Waals surface area contributed by atoms with Gasteiger partial charge in [0.1, 0.15) is 11.6 Å². The first-order valence-corrected chi connectivity index (χ1v) is 8.60. The van der Waals surface area contributed by atoms with Crippen molar-refractivity contribution in [2.45, 2.75) is 6.92 Å². The zero-order chi connectivity index (χ0) is 20.5. The number of benzene rings is 2. The van der Waals surface area contributed by atoms with Crippen LogP contribution in [-0.4, -0.2) is 31.6 Å². The smallest absolute Gasteiger partial charge is 0.160 e. The zero-order valence-corrected chi connectivity index (χ0v) is 16.1. The van der Waals surface area contributed by atoms with Crippen LogP contribution in [0.3, 0.4) is 0 Å². The summed E-state index contributed by atoms with van der Waals surface area (Å²) in [5, 5.41) is 2.75. The van der Waals surface area contributed by atoms with E-state index in [2.05, 4.69) is 27.0 Å². The third kappa shape index (κ3) is 5.37. The molecule has 3 aromatic rings. The molecule has 0 amide bonds. The number of halogens is 2. The van der Waals surface area contributed by atoms with Crippen LogP contribution in [0, 0.1) is 18.6 Å². The first-order chi connectivity index (χ1) is 13.5. The lowest BCUT2D eigenvalue weighted by Gasteiger charge is -2.08. The number of nitrogens with one attached hydrogen (secondary N) is 1. The molecule has 1 heterocycles. The molecule has 0 atom stereocenters. The second-order valence-electron chi connectivity index (χ2n) is 5.96. The summed E-state index contributed by atoms with van der Waals surface area (Å²) in [4.78, 5) is 12.5. The molecular weight excluding hydrogens is 358 g/mol. The number of nitrogens with zero attached hydrogens (tertiary/aromatic N) is 3. The van der Waals surface area contributed by atoms with Crippen LogP contribution >= 0.6 is 0 Å². The summed E-state index contributed by atoms with van der Waals surface area (Å²) in [6, 6.07) is 12.2. The van der Waals surface area contributed by atoms with E-state index in [0.29, 0.717) is 17.1 Å². The molecule has 0 aliphatic rings. The van der Waals surface area contributed by atoms with Crippen LogP contribution in [0.1, 0.15) is 11.1 Å². The van der Waals surface area contributed by atoms with Crippen molar-refractivity contribution in [3.05, 3.63) is 83.7 Å². The van der Waals surface area contributed by atoms with Crippen LogP contribution in [0.2, 0.25) is 0 Å². The Balaban J connectivity index is 0.000000878. The van der Waals surface area contributed by atoms with Gasteiger partial charge in [-0.25, -0.2) is 18.8 Å². The summed E-state index contributed by atoms with van der Waals surface area (Å²) < 4.78 is 27.5. The number of hydrogen-bond acceptors (Lipinski definition) is 3. The number of aryl methyl sites for hydroxylation is 1. The number of aliphatic imine (C=N–C) groups is 2. The van der Waals surface area contributed by atoms with Crippen molar-refractivity contribution in [3.63, 3.8) is 0 Å². The third-order valence-electron chi connectivity index (χ3n) is 3.74. The van der Waals surface area contributed by atoms with E-state index < -0.39 is 11.6 Å². The highest BCUT2D eigenvalue weighted by Crippen LogP contribution is 2.30. The van der Waals surface area contributed by atoms with Gasteiger partial charge in [0.2, 0.25) is 0 Å². The average molecular weight is 380 g/mol. The summed E-state index contributed by atoms with van der Waals surface area (Å²) >= 11 is 0. The number of amidine groups is 1. The molecule has 0 saturated heterocycles. The van der Waals surface area contributed by atoms with E-state index in [-0.39, 0.29) is 5.56 Å². The molecule has 4 nitrogen and oxygen atoms in total. The van der Waals surface area contributed by atoms with Crippen molar-refractivity contribution in [2.24, 2.45) is 9.98 Å². The standard InChI is InChI=1S/C20H15F2N3.C2H7N/c1-13-5-6-14(17-11-16(21)7-8-18(17)22)10-19(13)25-20(23-2)15-4-3-9-24-12-15;1-3-2/h3-12H,2H2,1H3;3H,1-2H3. The van der Waals surface area contributed by atoms with Gasteiger partial charge in [-0.3, -0.25) is 4.98 Å². The van der Waals surface area contributed by atoms with E-state index >= 15 is 0 Å². The van der Waals surface area contributed by atoms with Crippen LogP contribution in [0.15, 0.2) is 70.9 Å². The molecule has 0 fully saturated rings. The van der Waals surface area contributed by atoms with E-state index in [0.717, 1.165) is 23.3 Å². The summed E-state index contributed by atoms with van der Waals surface area (Å²) in [5.74, 6) is -0.576. The monoisotopic (exact) mass is 380 g/mol. The highest BCUT2D eigenvalue weighted by Gasteiger charge is 2.10. The summed E-state index contributed by atoms with van der Waals surface area (Å²) in [5.41, 5.74) is 2.93. The Morgan fingerprint density at radius 1 is 1.07 bits per heavy atom. The van der Waals surface area contributed by atoms with Gasteiger partial charge < -0.3 is 5.32 Å². The first-order valence-electron chi connectivity index (χ1n) is 8.60. The Kier molecular flexibility index (Phi) is 7.65. The summed E-state index contributed by atoms with van der Waals surface area (Å²) in [7, 11) is 3.75. The van der Waals surface area contributed by atoms with E-state index in [4.69, 9.17) is 0 Å². The van der Waals surface area contributed by atoms with Gasteiger partial charge in [-0.05, 0) is 75.3 Å². The lowest BCUT2D eigenvalue weighted by atomic mass is 10.0. The van der Waals surface area contributed by atoms with Crippen LogP contribution in [0.4, 0.5) is 14.5 Å². The Labute approximate surface area is 163 Å². The molecule has 0 aliphatic heterocycles. The second-order valence-corrected chi connectivity index (χ2v) is 5.96.